The summed E-state index contributed by atoms with van der Waals surface area (Å²) in [6, 6.07) is 8.22. The van der Waals surface area contributed by atoms with Gasteiger partial charge in [0, 0.05) is 37.5 Å². The van der Waals surface area contributed by atoms with E-state index >= 15 is 0 Å². The highest BCUT2D eigenvalue weighted by Gasteiger charge is 2.36. The molecule has 2 saturated heterocycles. The molecule has 0 radical (unpaired) electrons. The largest absolute Gasteiger partial charge is 0.368 e. The first-order valence-electron chi connectivity index (χ1n) is 7.29. The fourth-order valence-electron chi connectivity index (χ4n) is 3.38. The number of hydrogen-bond acceptors (Lipinski definition) is 5. The van der Waals surface area contributed by atoms with Crippen molar-refractivity contribution in [1.29, 1.82) is 0 Å². The van der Waals surface area contributed by atoms with E-state index in [9.17, 15) is 4.79 Å². The van der Waals surface area contributed by atoms with E-state index in [1.54, 1.807) is 0 Å². The van der Waals surface area contributed by atoms with Gasteiger partial charge in [-0.05, 0) is 18.6 Å². The summed E-state index contributed by atoms with van der Waals surface area (Å²) in [5.41, 5.74) is 6.71. The summed E-state index contributed by atoms with van der Waals surface area (Å²) in [6.07, 6.45) is 1.61. The third-order valence-corrected chi connectivity index (χ3v) is 4.39. The smallest absolute Gasteiger partial charge is 0.223 e. The van der Waals surface area contributed by atoms with Gasteiger partial charge in [-0.3, -0.25) is 4.79 Å². The molecule has 1 atom stereocenters. The molecule has 3 heterocycles. The number of carbonyl (C=O) groups is 1. The lowest BCUT2D eigenvalue weighted by molar-refractivity contribution is -0.129. The van der Waals surface area contributed by atoms with Crippen molar-refractivity contribution in [2.24, 2.45) is 0 Å². The lowest BCUT2D eigenvalue weighted by atomic mass is 10.1. The van der Waals surface area contributed by atoms with Crippen LogP contribution >= 0.6 is 0 Å². The first-order chi connectivity index (χ1) is 10.2. The Morgan fingerprint density at radius 2 is 2.05 bits per heavy atom. The lowest BCUT2D eigenvalue weighted by Gasteiger charge is -2.38. The van der Waals surface area contributed by atoms with Crippen LogP contribution < -0.4 is 10.6 Å². The van der Waals surface area contributed by atoms with Crippen LogP contribution in [0.2, 0.25) is 0 Å². The molecule has 108 valence electrons. The van der Waals surface area contributed by atoms with E-state index in [1.165, 1.54) is 0 Å². The van der Waals surface area contributed by atoms with Crippen LogP contribution in [0, 0.1) is 0 Å². The monoisotopic (exact) mass is 283 g/mol. The Hall–Kier alpha value is -2.37. The van der Waals surface area contributed by atoms with Crippen molar-refractivity contribution >= 4 is 28.6 Å². The van der Waals surface area contributed by atoms with Crippen molar-refractivity contribution in [3.63, 3.8) is 0 Å². The van der Waals surface area contributed by atoms with Gasteiger partial charge in [0.05, 0.1) is 5.52 Å². The summed E-state index contributed by atoms with van der Waals surface area (Å²) < 4.78 is 0. The molecule has 1 unspecified atom stereocenters. The number of para-hydroxylation sites is 1. The van der Waals surface area contributed by atoms with E-state index in [-0.39, 0.29) is 5.91 Å². The summed E-state index contributed by atoms with van der Waals surface area (Å²) in [5, 5.41) is 1.02. The molecule has 0 aliphatic carbocycles. The number of carbonyl (C=O) groups excluding carboxylic acids is 1. The average molecular weight is 283 g/mol. The number of nitrogens with two attached hydrogens (primary N) is 1. The Morgan fingerprint density at radius 1 is 1.19 bits per heavy atom. The second kappa shape index (κ2) is 4.58. The summed E-state index contributed by atoms with van der Waals surface area (Å²) in [7, 11) is 0. The van der Waals surface area contributed by atoms with Crippen molar-refractivity contribution in [2.45, 2.75) is 18.9 Å². The maximum atomic E-state index is 11.8. The maximum absolute atomic E-state index is 11.8. The summed E-state index contributed by atoms with van der Waals surface area (Å²) >= 11 is 0. The van der Waals surface area contributed by atoms with Gasteiger partial charge in [-0.2, -0.15) is 4.98 Å². The molecule has 0 saturated carbocycles. The number of fused-ring (bicyclic) bond motifs is 2. The van der Waals surface area contributed by atoms with Crippen LogP contribution in [0.25, 0.3) is 10.9 Å². The molecular weight excluding hydrogens is 266 g/mol. The topological polar surface area (TPSA) is 75.3 Å². The Bertz CT molecular complexity index is 716. The first-order valence-corrected chi connectivity index (χ1v) is 7.29. The fourth-order valence-corrected chi connectivity index (χ4v) is 3.38. The minimum absolute atomic E-state index is 0.284. The van der Waals surface area contributed by atoms with E-state index in [0.717, 1.165) is 42.8 Å². The second-order valence-electron chi connectivity index (χ2n) is 5.65. The van der Waals surface area contributed by atoms with Crippen LogP contribution in [0.15, 0.2) is 24.3 Å². The molecule has 2 aromatic rings. The van der Waals surface area contributed by atoms with Crippen LogP contribution in [0.5, 0.6) is 0 Å². The molecule has 1 amide bonds. The number of nitrogens with zero attached hydrogens (tertiary/aromatic N) is 4. The number of rotatable bonds is 1. The number of nitrogen functional groups attached to an aromatic ring is 1. The molecule has 2 N–H and O–H groups in total. The minimum Gasteiger partial charge on any atom is -0.368 e. The number of piperazine rings is 1. The van der Waals surface area contributed by atoms with Gasteiger partial charge in [0.25, 0.3) is 0 Å². The van der Waals surface area contributed by atoms with Crippen molar-refractivity contribution in [3.8, 4) is 0 Å². The number of aromatic nitrogens is 2. The van der Waals surface area contributed by atoms with Crippen LogP contribution in [-0.4, -0.2) is 46.5 Å². The molecular formula is C15H17N5O. The van der Waals surface area contributed by atoms with E-state index in [4.69, 9.17) is 5.73 Å². The van der Waals surface area contributed by atoms with Crippen LogP contribution in [0.1, 0.15) is 12.8 Å². The van der Waals surface area contributed by atoms with Gasteiger partial charge in [-0.15, -0.1) is 0 Å². The van der Waals surface area contributed by atoms with Crippen LogP contribution in [0.3, 0.4) is 0 Å². The molecule has 1 aromatic heterocycles. The zero-order chi connectivity index (χ0) is 14.4. The van der Waals surface area contributed by atoms with E-state index < -0.39 is 0 Å². The average Bonchev–Trinajstić information content (AvgIpc) is 2.87. The molecule has 0 bridgehead atoms. The van der Waals surface area contributed by atoms with Gasteiger partial charge in [0.15, 0.2) is 0 Å². The number of benzene rings is 1. The third kappa shape index (κ3) is 1.98. The van der Waals surface area contributed by atoms with Crippen LogP contribution in [0.4, 0.5) is 11.8 Å². The molecule has 6 nitrogen and oxygen atoms in total. The van der Waals surface area contributed by atoms with Crippen molar-refractivity contribution in [2.75, 3.05) is 30.3 Å². The molecule has 21 heavy (non-hydrogen) atoms. The highest BCUT2D eigenvalue weighted by Crippen LogP contribution is 2.29. The summed E-state index contributed by atoms with van der Waals surface area (Å²) in [6.45, 7) is 2.39. The molecule has 6 heteroatoms. The summed E-state index contributed by atoms with van der Waals surface area (Å²) in [5.74, 6) is 1.47. The van der Waals surface area contributed by atoms with Crippen molar-refractivity contribution in [3.05, 3.63) is 24.3 Å². The first kappa shape index (κ1) is 12.4. The Balaban J connectivity index is 1.72. The number of amides is 1. The zero-order valence-electron chi connectivity index (χ0n) is 11.7. The van der Waals surface area contributed by atoms with Gasteiger partial charge in [-0.25, -0.2) is 4.98 Å². The van der Waals surface area contributed by atoms with Gasteiger partial charge in [0.2, 0.25) is 11.9 Å². The highest BCUT2D eigenvalue weighted by atomic mass is 16.2. The molecule has 4 rings (SSSR count). The molecule has 0 spiro atoms. The highest BCUT2D eigenvalue weighted by molar-refractivity contribution is 5.90. The second-order valence-corrected chi connectivity index (χ2v) is 5.65. The van der Waals surface area contributed by atoms with Crippen LogP contribution in [-0.2, 0) is 4.79 Å². The lowest BCUT2D eigenvalue weighted by Crippen LogP contribution is -2.51. The molecule has 2 aliphatic rings. The quantitative estimate of drug-likeness (QED) is 0.846. The summed E-state index contributed by atoms with van der Waals surface area (Å²) in [4.78, 5) is 24.8. The molecule has 2 aliphatic heterocycles. The standard InChI is InChI=1S/C15H17N5O/c16-15-17-12-4-2-1-3-11(12)14(18-15)19-7-8-20-10(9-19)5-6-13(20)21/h1-4,10H,5-9H2,(H2,16,17,18). The SMILES string of the molecule is Nc1nc(N2CCN3C(=O)CCC3C2)c2ccccc2n1. The molecule has 1 aromatic carbocycles. The maximum Gasteiger partial charge on any atom is 0.223 e. The Morgan fingerprint density at radius 3 is 2.95 bits per heavy atom. The van der Waals surface area contributed by atoms with Gasteiger partial charge < -0.3 is 15.5 Å². The number of hydrogen-bond donors (Lipinski definition) is 1. The predicted molar refractivity (Wildman–Crippen MR) is 80.9 cm³/mol. The Kier molecular flexibility index (Phi) is 2.70. The van der Waals surface area contributed by atoms with Gasteiger partial charge >= 0.3 is 0 Å². The minimum atomic E-state index is 0.284. The normalized spacial score (nSPS) is 21.9. The predicted octanol–water partition coefficient (Wildman–Crippen LogP) is 1.02. The van der Waals surface area contributed by atoms with Gasteiger partial charge in [0.1, 0.15) is 5.82 Å². The van der Waals surface area contributed by atoms with Gasteiger partial charge in [-0.1, -0.05) is 12.1 Å². The Labute approximate surface area is 122 Å². The van der Waals surface area contributed by atoms with E-state index in [1.807, 2.05) is 29.2 Å². The third-order valence-electron chi connectivity index (χ3n) is 4.39. The van der Waals surface area contributed by atoms with E-state index in [0.29, 0.717) is 18.4 Å². The van der Waals surface area contributed by atoms with Crippen molar-refractivity contribution in [1.82, 2.24) is 14.9 Å². The van der Waals surface area contributed by atoms with E-state index in [2.05, 4.69) is 14.9 Å². The van der Waals surface area contributed by atoms with Crippen molar-refractivity contribution < 1.29 is 4.79 Å². The fraction of sp³-hybridized carbons (Fsp3) is 0.400. The molecule has 2 fully saturated rings. The number of anilines is 2. The zero-order valence-corrected chi connectivity index (χ0v) is 11.7.